The standard InChI is InChI=1S/C18H32O15/c1-4-7(21)9(23)11(25)17(29-4)33-15-13(27)16(28)30-6(3-20)14(15)32-18-12(26)10(24)8(22)5(2-19)31-18/h4-28H,2-3H2,1H3. The molecular weight excluding hydrogens is 456 g/mol. The van der Waals surface area contributed by atoms with Crippen molar-refractivity contribution in [2.24, 2.45) is 0 Å². The molecule has 15 unspecified atom stereocenters. The fourth-order valence-electron chi connectivity index (χ4n) is 3.99. The first-order valence-electron chi connectivity index (χ1n) is 10.4. The lowest BCUT2D eigenvalue weighted by Gasteiger charge is -2.48. The van der Waals surface area contributed by atoms with Crippen molar-refractivity contribution >= 4 is 0 Å². The van der Waals surface area contributed by atoms with Gasteiger partial charge in [-0.2, -0.15) is 0 Å². The van der Waals surface area contributed by atoms with E-state index < -0.39 is 105 Å². The van der Waals surface area contributed by atoms with Crippen molar-refractivity contribution < 1.29 is 74.7 Å². The number of ether oxygens (including phenoxy) is 5. The molecule has 3 saturated heterocycles. The van der Waals surface area contributed by atoms with Gasteiger partial charge in [0.2, 0.25) is 0 Å². The molecule has 3 aliphatic heterocycles. The lowest BCUT2D eigenvalue weighted by molar-refractivity contribution is -0.382. The Bertz CT molecular complexity index is 624. The highest BCUT2D eigenvalue weighted by atomic mass is 16.8. The van der Waals surface area contributed by atoms with Crippen molar-refractivity contribution in [3.63, 3.8) is 0 Å². The molecule has 0 aromatic carbocycles. The molecule has 194 valence electrons. The van der Waals surface area contributed by atoms with Gasteiger partial charge >= 0.3 is 0 Å². The predicted molar refractivity (Wildman–Crippen MR) is 99.8 cm³/mol. The second-order valence-corrected chi connectivity index (χ2v) is 8.32. The Morgan fingerprint density at radius 3 is 1.64 bits per heavy atom. The van der Waals surface area contributed by atoms with Crippen LogP contribution in [0.2, 0.25) is 0 Å². The Morgan fingerprint density at radius 1 is 0.545 bits per heavy atom. The Hall–Kier alpha value is -0.600. The van der Waals surface area contributed by atoms with Crippen LogP contribution in [-0.2, 0) is 23.7 Å². The van der Waals surface area contributed by atoms with Crippen LogP contribution < -0.4 is 0 Å². The SMILES string of the molecule is CC1OC(OC2C(O)C(O)OC(CO)C2OC2OC(CO)C(O)C(O)C2O)C(O)C(O)C1O. The van der Waals surface area contributed by atoms with Gasteiger partial charge in [0.15, 0.2) is 18.9 Å². The Kier molecular flexibility index (Phi) is 8.99. The molecular formula is C18H32O15. The quantitative estimate of drug-likeness (QED) is 0.167. The number of rotatable bonds is 6. The lowest BCUT2D eigenvalue weighted by atomic mass is 9.96. The minimum Gasteiger partial charge on any atom is -0.394 e. The number of hydrogen-bond acceptors (Lipinski definition) is 15. The zero-order chi connectivity index (χ0) is 24.6. The van der Waals surface area contributed by atoms with Gasteiger partial charge in [0.05, 0.1) is 19.3 Å². The van der Waals surface area contributed by atoms with Crippen molar-refractivity contribution in [1.82, 2.24) is 0 Å². The van der Waals surface area contributed by atoms with Gasteiger partial charge < -0.3 is 74.7 Å². The summed E-state index contributed by atoms with van der Waals surface area (Å²) in [5.41, 5.74) is 0. The number of aliphatic hydroxyl groups excluding tert-OH is 10. The van der Waals surface area contributed by atoms with E-state index in [2.05, 4.69) is 0 Å². The third-order valence-corrected chi connectivity index (χ3v) is 6.05. The molecule has 3 heterocycles. The molecule has 10 N–H and O–H groups in total. The van der Waals surface area contributed by atoms with Crippen LogP contribution >= 0.6 is 0 Å². The molecule has 0 saturated carbocycles. The van der Waals surface area contributed by atoms with E-state index in [1.54, 1.807) is 0 Å². The fraction of sp³-hybridized carbons (Fsp3) is 1.00. The van der Waals surface area contributed by atoms with Gasteiger partial charge in [-0.15, -0.1) is 0 Å². The summed E-state index contributed by atoms with van der Waals surface area (Å²) in [5.74, 6) is 0. The summed E-state index contributed by atoms with van der Waals surface area (Å²) in [4.78, 5) is 0. The Labute approximate surface area is 187 Å². The van der Waals surface area contributed by atoms with Gasteiger partial charge in [-0.25, -0.2) is 0 Å². The van der Waals surface area contributed by atoms with E-state index in [0.717, 1.165) is 0 Å². The van der Waals surface area contributed by atoms with Crippen LogP contribution in [0.3, 0.4) is 0 Å². The fourth-order valence-corrected chi connectivity index (χ4v) is 3.99. The minimum atomic E-state index is -1.88. The summed E-state index contributed by atoms with van der Waals surface area (Å²) in [6.45, 7) is -0.127. The maximum atomic E-state index is 10.5. The molecule has 15 atom stereocenters. The molecule has 3 fully saturated rings. The van der Waals surface area contributed by atoms with E-state index in [0.29, 0.717) is 0 Å². The van der Waals surface area contributed by atoms with Gasteiger partial charge in [0.1, 0.15) is 67.1 Å². The number of hydrogen-bond donors (Lipinski definition) is 10. The van der Waals surface area contributed by atoms with Crippen LogP contribution in [0.15, 0.2) is 0 Å². The van der Waals surface area contributed by atoms with Crippen LogP contribution in [0.5, 0.6) is 0 Å². The van der Waals surface area contributed by atoms with Gasteiger partial charge in [-0.05, 0) is 6.92 Å². The molecule has 0 amide bonds. The Balaban J connectivity index is 1.83. The van der Waals surface area contributed by atoms with Crippen LogP contribution in [0.1, 0.15) is 6.92 Å². The molecule has 15 heteroatoms. The second-order valence-electron chi connectivity index (χ2n) is 8.32. The first-order chi connectivity index (χ1) is 15.5. The first-order valence-corrected chi connectivity index (χ1v) is 10.4. The van der Waals surface area contributed by atoms with Crippen LogP contribution in [-0.4, -0.2) is 156 Å². The molecule has 0 radical (unpaired) electrons. The van der Waals surface area contributed by atoms with Crippen LogP contribution in [0.4, 0.5) is 0 Å². The van der Waals surface area contributed by atoms with Crippen molar-refractivity contribution in [3.8, 4) is 0 Å². The lowest BCUT2D eigenvalue weighted by Crippen LogP contribution is -2.66. The van der Waals surface area contributed by atoms with Gasteiger partial charge in [0.25, 0.3) is 0 Å². The molecule has 0 aliphatic carbocycles. The molecule has 3 aliphatic rings. The average molecular weight is 488 g/mol. The van der Waals surface area contributed by atoms with Crippen LogP contribution in [0, 0.1) is 0 Å². The summed E-state index contributed by atoms with van der Waals surface area (Å²) < 4.78 is 26.9. The molecule has 0 bridgehead atoms. The predicted octanol–water partition coefficient (Wildman–Crippen LogP) is -6.55. The molecule has 3 rings (SSSR count). The van der Waals surface area contributed by atoms with Crippen molar-refractivity contribution in [2.75, 3.05) is 13.2 Å². The van der Waals surface area contributed by atoms with E-state index in [9.17, 15) is 51.1 Å². The zero-order valence-corrected chi connectivity index (χ0v) is 17.6. The second kappa shape index (κ2) is 11.0. The largest absolute Gasteiger partial charge is 0.394 e. The third kappa shape index (κ3) is 5.32. The van der Waals surface area contributed by atoms with Crippen molar-refractivity contribution in [3.05, 3.63) is 0 Å². The summed E-state index contributed by atoms with van der Waals surface area (Å²) in [6.07, 6.45) is -24.0. The molecule has 0 aromatic heterocycles. The highest BCUT2D eigenvalue weighted by Gasteiger charge is 2.53. The van der Waals surface area contributed by atoms with E-state index in [1.807, 2.05) is 0 Å². The van der Waals surface area contributed by atoms with E-state index in [-0.39, 0.29) is 0 Å². The summed E-state index contributed by atoms with van der Waals surface area (Å²) >= 11 is 0. The smallest absolute Gasteiger partial charge is 0.187 e. The molecule has 15 nitrogen and oxygen atoms in total. The maximum absolute atomic E-state index is 10.5. The Morgan fingerprint density at radius 2 is 1.06 bits per heavy atom. The highest BCUT2D eigenvalue weighted by molar-refractivity contribution is 4.96. The van der Waals surface area contributed by atoms with Gasteiger partial charge in [-0.1, -0.05) is 0 Å². The van der Waals surface area contributed by atoms with Crippen molar-refractivity contribution in [1.29, 1.82) is 0 Å². The molecule has 0 spiro atoms. The van der Waals surface area contributed by atoms with E-state index in [4.69, 9.17) is 23.7 Å². The first kappa shape index (κ1) is 27.0. The maximum Gasteiger partial charge on any atom is 0.187 e. The normalized spacial score (nSPS) is 53.7. The number of aliphatic hydroxyl groups is 10. The van der Waals surface area contributed by atoms with Crippen LogP contribution in [0.25, 0.3) is 0 Å². The third-order valence-electron chi connectivity index (χ3n) is 6.05. The van der Waals surface area contributed by atoms with E-state index in [1.165, 1.54) is 6.92 Å². The topological polar surface area (TPSA) is 248 Å². The zero-order valence-electron chi connectivity index (χ0n) is 17.6. The van der Waals surface area contributed by atoms with Gasteiger partial charge in [0, 0.05) is 0 Å². The highest BCUT2D eigenvalue weighted by Crippen LogP contribution is 2.32. The van der Waals surface area contributed by atoms with Gasteiger partial charge in [-0.3, -0.25) is 0 Å². The summed E-state index contributed by atoms with van der Waals surface area (Å²) in [5, 5.41) is 99.8. The minimum absolute atomic E-state index is 0.739. The van der Waals surface area contributed by atoms with E-state index >= 15 is 0 Å². The monoisotopic (exact) mass is 488 g/mol. The average Bonchev–Trinajstić information content (AvgIpc) is 2.80. The molecule has 33 heavy (non-hydrogen) atoms. The molecule has 0 aromatic rings. The van der Waals surface area contributed by atoms with Crippen molar-refractivity contribution in [2.45, 2.75) is 99.0 Å². The summed E-state index contributed by atoms with van der Waals surface area (Å²) in [6, 6.07) is 0. The summed E-state index contributed by atoms with van der Waals surface area (Å²) in [7, 11) is 0.